The fourth-order valence-electron chi connectivity index (χ4n) is 1.16. The van der Waals surface area contributed by atoms with E-state index in [0.717, 1.165) is 11.1 Å². The van der Waals surface area contributed by atoms with Crippen molar-refractivity contribution in [2.75, 3.05) is 7.11 Å². The van der Waals surface area contributed by atoms with E-state index in [-0.39, 0.29) is 12.2 Å². The molecule has 0 atom stereocenters. The van der Waals surface area contributed by atoms with Gasteiger partial charge in [0, 0.05) is 7.11 Å². The van der Waals surface area contributed by atoms with Crippen molar-refractivity contribution >= 4 is 0 Å². The highest BCUT2D eigenvalue weighted by molar-refractivity contribution is 5.27. The van der Waals surface area contributed by atoms with Gasteiger partial charge in [0.05, 0.1) is 12.2 Å². The van der Waals surface area contributed by atoms with Crippen molar-refractivity contribution in [1.82, 2.24) is 0 Å². The lowest BCUT2D eigenvalue weighted by molar-refractivity contribution is 0.0191. The van der Waals surface area contributed by atoms with Crippen LogP contribution in [0.4, 0.5) is 0 Å². The van der Waals surface area contributed by atoms with Crippen LogP contribution in [0.2, 0.25) is 0 Å². The molecule has 0 aliphatic rings. The first kappa shape index (κ1) is 10.2. The zero-order valence-corrected chi connectivity index (χ0v) is 8.37. The van der Waals surface area contributed by atoms with Crippen LogP contribution in [0.1, 0.15) is 25.0 Å². The maximum Gasteiger partial charge on any atom is 0.0871 e. The second-order valence-electron chi connectivity index (χ2n) is 3.57. The first-order valence-corrected chi connectivity index (χ1v) is 4.35. The SMILES string of the molecule is COC(C)(C)c1cccc(CO)c1. The van der Waals surface area contributed by atoms with Crippen LogP contribution >= 0.6 is 0 Å². The molecule has 0 aliphatic heterocycles. The lowest BCUT2D eigenvalue weighted by atomic mass is 9.96. The number of rotatable bonds is 3. The highest BCUT2D eigenvalue weighted by Gasteiger charge is 2.18. The van der Waals surface area contributed by atoms with Gasteiger partial charge in [-0.15, -0.1) is 0 Å². The molecule has 72 valence electrons. The average molecular weight is 180 g/mol. The Morgan fingerprint density at radius 3 is 2.62 bits per heavy atom. The summed E-state index contributed by atoms with van der Waals surface area (Å²) in [5.74, 6) is 0. The minimum atomic E-state index is -0.287. The van der Waals surface area contributed by atoms with Crippen LogP contribution in [0.25, 0.3) is 0 Å². The van der Waals surface area contributed by atoms with E-state index in [2.05, 4.69) is 0 Å². The highest BCUT2D eigenvalue weighted by Crippen LogP contribution is 2.24. The van der Waals surface area contributed by atoms with Crippen LogP contribution in [-0.2, 0) is 16.9 Å². The summed E-state index contributed by atoms with van der Waals surface area (Å²) in [6.45, 7) is 4.08. The number of aliphatic hydroxyl groups excluding tert-OH is 1. The Balaban J connectivity index is 3.01. The molecule has 0 fully saturated rings. The molecular formula is C11H16O2. The van der Waals surface area contributed by atoms with Gasteiger partial charge in [0.15, 0.2) is 0 Å². The molecule has 0 heterocycles. The lowest BCUT2D eigenvalue weighted by Gasteiger charge is -2.23. The van der Waals surface area contributed by atoms with Crippen LogP contribution in [-0.4, -0.2) is 12.2 Å². The topological polar surface area (TPSA) is 29.5 Å². The third-order valence-corrected chi connectivity index (χ3v) is 2.32. The monoisotopic (exact) mass is 180 g/mol. The van der Waals surface area contributed by atoms with Crippen molar-refractivity contribution in [1.29, 1.82) is 0 Å². The van der Waals surface area contributed by atoms with Gasteiger partial charge in [0.2, 0.25) is 0 Å². The molecule has 0 unspecified atom stereocenters. The molecule has 1 rings (SSSR count). The molecule has 0 aromatic heterocycles. The summed E-state index contributed by atoms with van der Waals surface area (Å²) in [6.07, 6.45) is 0. The lowest BCUT2D eigenvalue weighted by Crippen LogP contribution is -2.19. The van der Waals surface area contributed by atoms with E-state index in [4.69, 9.17) is 9.84 Å². The van der Waals surface area contributed by atoms with E-state index >= 15 is 0 Å². The van der Waals surface area contributed by atoms with Gasteiger partial charge >= 0.3 is 0 Å². The van der Waals surface area contributed by atoms with Crippen LogP contribution in [0.5, 0.6) is 0 Å². The van der Waals surface area contributed by atoms with E-state index in [1.165, 1.54) is 0 Å². The Hall–Kier alpha value is -0.860. The van der Waals surface area contributed by atoms with E-state index in [1.807, 2.05) is 38.1 Å². The van der Waals surface area contributed by atoms with Crippen molar-refractivity contribution < 1.29 is 9.84 Å². The van der Waals surface area contributed by atoms with Crippen molar-refractivity contribution in [3.05, 3.63) is 35.4 Å². The van der Waals surface area contributed by atoms with E-state index in [9.17, 15) is 0 Å². The van der Waals surface area contributed by atoms with Gasteiger partial charge in [-0.25, -0.2) is 0 Å². The van der Waals surface area contributed by atoms with Crippen molar-refractivity contribution in [3.8, 4) is 0 Å². The summed E-state index contributed by atoms with van der Waals surface area (Å²) < 4.78 is 5.34. The zero-order valence-electron chi connectivity index (χ0n) is 8.37. The van der Waals surface area contributed by atoms with Crippen LogP contribution in [0.15, 0.2) is 24.3 Å². The summed E-state index contributed by atoms with van der Waals surface area (Å²) in [5, 5.41) is 8.96. The minimum Gasteiger partial charge on any atom is -0.392 e. The maximum absolute atomic E-state index is 8.96. The average Bonchev–Trinajstić information content (AvgIpc) is 2.18. The van der Waals surface area contributed by atoms with Gasteiger partial charge in [-0.1, -0.05) is 24.3 Å². The summed E-state index contributed by atoms with van der Waals surface area (Å²) in [4.78, 5) is 0. The predicted molar refractivity (Wildman–Crippen MR) is 52.4 cm³/mol. The number of benzene rings is 1. The largest absolute Gasteiger partial charge is 0.392 e. The second-order valence-corrected chi connectivity index (χ2v) is 3.57. The summed E-state index contributed by atoms with van der Waals surface area (Å²) in [7, 11) is 1.69. The Morgan fingerprint density at radius 2 is 2.08 bits per heavy atom. The third-order valence-electron chi connectivity index (χ3n) is 2.32. The Kier molecular flexibility index (Phi) is 3.07. The van der Waals surface area contributed by atoms with Crippen LogP contribution in [0, 0.1) is 0 Å². The van der Waals surface area contributed by atoms with Gasteiger partial charge < -0.3 is 9.84 Å². The quantitative estimate of drug-likeness (QED) is 0.771. The van der Waals surface area contributed by atoms with Gasteiger partial charge in [0.25, 0.3) is 0 Å². The first-order valence-electron chi connectivity index (χ1n) is 4.35. The van der Waals surface area contributed by atoms with Crippen molar-refractivity contribution in [2.24, 2.45) is 0 Å². The zero-order chi connectivity index (χ0) is 9.90. The molecule has 1 aromatic rings. The molecule has 0 amide bonds. The van der Waals surface area contributed by atoms with Gasteiger partial charge in [-0.3, -0.25) is 0 Å². The number of hydrogen-bond donors (Lipinski definition) is 1. The smallest absolute Gasteiger partial charge is 0.0871 e. The Morgan fingerprint density at radius 1 is 1.38 bits per heavy atom. The molecule has 0 radical (unpaired) electrons. The minimum absolute atomic E-state index is 0.0770. The second kappa shape index (κ2) is 3.90. The number of methoxy groups -OCH3 is 1. The molecule has 1 aromatic carbocycles. The fraction of sp³-hybridized carbons (Fsp3) is 0.455. The summed E-state index contributed by atoms with van der Waals surface area (Å²) in [5.41, 5.74) is 1.72. The highest BCUT2D eigenvalue weighted by atomic mass is 16.5. The molecule has 2 nitrogen and oxygen atoms in total. The molecule has 0 spiro atoms. The molecule has 2 heteroatoms. The molecule has 0 saturated heterocycles. The molecule has 13 heavy (non-hydrogen) atoms. The summed E-state index contributed by atoms with van der Waals surface area (Å²) >= 11 is 0. The standard InChI is InChI=1S/C11H16O2/c1-11(2,13-3)10-6-4-5-9(7-10)8-12/h4-7,12H,8H2,1-3H3. The number of ether oxygens (including phenoxy) is 1. The van der Waals surface area contributed by atoms with Gasteiger partial charge in [0.1, 0.15) is 0 Å². The normalized spacial score (nSPS) is 11.7. The first-order chi connectivity index (χ1) is 6.10. The number of aliphatic hydroxyl groups is 1. The van der Waals surface area contributed by atoms with E-state index in [1.54, 1.807) is 7.11 Å². The fourth-order valence-corrected chi connectivity index (χ4v) is 1.16. The van der Waals surface area contributed by atoms with Crippen LogP contribution < -0.4 is 0 Å². The molecular weight excluding hydrogens is 164 g/mol. The molecule has 0 bridgehead atoms. The van der Waals surface area contributed by atoms with Gasteiger partial charge in [-0.2, -0.15) is 0 Å². The molecule has 1 N–H and O–H groups in total. The van der Waals surface area contributed by atoms with E-state index < -0.39 is 0 Å². The third kappa shape index (κ3) is 2.29. The van der Waals surface area contributed by atoms with Gasteiger partial charge in [-0.05, 0) is 25.0 Å². The Bertz CT molecular complexity index is 279. The van der Waals surface area contributed by atoms with Crippen molar-refractivity contribution in [2.45, 2.75) is 26.1 Å². The molecule has 0 saturated carbocycles. The van der Waals surface area contributed by atoms with Crippen molar-refractivity contribution in [3.63, 3.8) is 0 Å². The molecule has 0 aliphatic carbocycles. The van der Waals surface area contributed by atoms with Crippen LogP contribution in [0.3, 0.4) is 0 Å². The van der Waals surface area contributed by atoms with E-state index in [0.29, 0.717) is 0 Å². The Labute approximate surface area is 79.2 Å². The maximum atomic E-state index is 8.96. The number of hydrogen-bond acceptors (Lipinski definition) is 2. The predicted octanol–water partition coefficient (Wildman–Crippen LogP) is 2.06. The summed E-state index contributed by atoms with van der Waals surface area (Å²) in [6, 6.07) is 7.79.